The largest absolute Gasteiger partial charge is 0.507 e. The summed E-state index contributed by atoms with van der Waals surface area (Å²) >= 11 is 0. The van der Waals surface area contributed by atoms with Crippen LogP contribution >= 0.6 is 0 Å². The average Bonchev–Trinajstić information content (AvgIpc) is 3.62. The highest BCUT2D eigenvalue weighted by molar-refractivity contribution is 6.31. The van der Waals surface area contributed by atoms with Crippen molar-refractivity contribution in [1.82, 2.24) is 9.55 Å². The molecule has 18 heteroatoms. The number of anilines is 1. The van der Waals surface area contributed by atoms with Crippen molar-refractivity contribution in [3.63, 3.8) is 0 Å². The van der Waals surface area contributed by atoms with Gasteiger partial charge in [-0.1, -0.05) is 12.1 Å². The van der Waals surface area contributed by atoms with E-state index in [1.54, 1.807) is 19.2 Å². The highest BCUT2D eigenvalue weighted by atomic mass is 16.7. The van der Waals surface area contributed by atoms with Crippen molar-refractivity contribution in [2.75, 3.05) is 26.1 Å². The summed E-state index contributed by atoms with van der Waals surface area (Å²) in [6.07, 6.45) is -2.62. The number of benzene rings is 2. The van der Waals surface area contributed by atoms with E-state index in [1.807, 2.05) is 0 Å². The number of hydrogen-bond donors (Lipinski definition) is 8. The zero-order valence-corrected chi connectivity index (χ0v) is 29.4. The van der Waals surface area contributed by atoms with E-state index in [9.17, 15) is 44.7 Å². The van der Waals surface area contributed by atoms with Gasteiger partial charge in [-0.25, -0.2) is 4.79 Å². The Kier molecular flexibility index (Phi) is 10.9. The van der Waals surface area contributed by atoms with Crippen LogP contribution < -0.4 is 21.9 Å². The van der Waals surface area contributed by atoms with Gasteiger partial charge < -0.3 is 61.1 Å². The van der Waals surface area contributed by atoms with Crippen LogP contribution in [0.25, 0.3) is 0 Å². The zero-order valence-electron chi connectivity index (χ0n) is 29.4. The Balaban J connectivity index is 0.000000276. The third-order valence-electron chi connectivity index (χ3n) is 10.3. The molecule has 1 aromatic heterocycles. The molecule has 4 unspecified atom stereocenters. The van der Waals surface area contributed by atoms with Gasteiger partial charge in [0, 0.05) is 48.2 Å². The maximum atomic E-state index is 13.6. The molecule has 0 spiro atoms. The van der Waals surface area contributed by atoms with Crippen LogP contribution in [-0.4, -0.2) is 114 Å². The lowest BCUT2D eigenvalue weighted by atomic mass is 9.72. The van der Waals surface area contributed by atoms with Crippen LogP contribution in [0.4, 0.5) is 5.82 Å². The number of aromatic nitrogens is 2. The molecule has 10 N–H and O–H groups in total. The van der Waals surface area contributed by atoms with Gasteiger partial charge in [0.25, 0.3) is 0 Å². The molecule has 2 aromatic carbocycles. The zero-order chi connectivity index (χ0) is 39.2. The lowest BCUT2D eigenvalue weighted by Crippen LogP contribution is -2.53. The quantitative estimate of drug-likeness (QED) is 0.110. The van der Waals surface area contributed by atoms with E-state index in [1.165, 1.54) is 29.9 Å². The van der Waals surface area contributed by atoms with Gasteiger partial charge >= 0.3 is 5.69 Å². The smallest absolute Gasteiger partial charge is 0.351 e. The van der Waals surface area contributed by atoms with Gasteiger partial charge in [-0.2, -0.15) is 4.98 Å². The number of Topliss-reactive ketones (excluding diaryl/α,β-unsaturated/α-hetero) is 1. The number of phenols is 2. The number of ether oxygens (including phenoxy) is 4. The normalized spacial score (nSPS) is 28.7. The molecule has 3 aromatic rings. The van der Waals surface area contributed by atoms with Crippen LogP contribution in [0.2, 0.25) is 0 Å². The van der Waals surface area contributed by atoms with Gasteiger partial charge in [-0.05, 0) is 31.9 Å². The minimum Gasteiger partial charge on any atom is -0.507 e. The minimum atomic E-state index is -2.24. The average molecular weight is 755 g/mol. The van der Waals surface area contributed by atoms with Crippen LogP contribution in [-0.2, 0) is 25.4 Å². The Morgan fingerprint density at radius 1 is 1.06 bits per heavy atom. The summed E-state index contributed by atoms with van der Waals surface area (Å²) in [4.78, 5) is 54.8. The standard InChI is InChI=1S/C27H29NO11.C9H13N3O3/c1-10-22(31)13(28)6-17(38-10)39-15-8-27(36,16(30)9-29)7-12-19(15)26(35)21-20(24(12)33)23(32)11-4-3-5-14(37-2)18(11)25(21)34;10-7-3-4-12(9(14)11-7)8-2-1-6(5-13)15-8/h3-5,10,13,15,17,22,29,31,33,35-36H,6-9,28H2,1-2H3;3-4,6,8,13H,1-2,5H2,(H2,10,11,14)/t10?,13?,15-,17?,22?,27-;6-,8+/m00/s1. The first-order valence-electron chi connectivity index (χ1n) is 17.2. The summed E-state index contributed by atoms with van der Waals surface area (Å²) in [5.74, 6) is -3.57. The molecule has 8 atom stereocenters. The second kappa shape index (κ2) is 15.2. The maximum Gasteiger partial charge on any atom is 0.351 e. The van der Waals surface area contributed by atoms with E-state index in [0.717, 1.165) is 6.42 Å². The second-order valence-corrected chi connectivity index (χ2v) is 13.7. The third-order valence-corrected chi connectivity index (χ3v) is 10.3. The monoisotopic (exact) mass is 754 g/mol. The first-order valence-corrected chi connectivity index (χ1v) is 17.2. The second-order valence-electron chi connectivity index (χ2n) is 13.7. The Bertz CT molecular complexity index is 2020. The number of fused-ring (bicyclic) bond motifs is 3. The van der Waals surface area contributed by atoms with Crippen LogP contribution in [0.3, 0.4) is 0 Å². The number of carbonyl (C=O) groups excluding carboxylic acids is 3. The van der Waals surface area contributed by atoms with Crippen molar-refractivity contribution in [2.45, 2.75) is 87.6 Å². The van der Waals surface area contributed by atoms with Crippen LogP contribution in [0.15, 0.2) is 35.3 Å². The number of aliphatic hydroxyl groups excluding tert-OH is 3. The Morgan fingerprint density at radius 3 is 2.41 bits per heavy atom. The van der Waals surface area contributed by atoms with E-state index in [4.69, 9.17) is 35.5 Å². The van der Waals surface area contributed by atoms with Crippen molar-refractivity contribution in [3.05, 3.63) is 74.3 Å². The Labute approximate surface area is 307 Å². The summed E-state index contributed by atoms with van der Waals surface area (Å²) in [5, 5.41) is 62.6. The summed E-state index contributed by atoms with van der Waals surface area (Å²) in [5.41, 5.74) is 7.33. The van der Waals surface area contributed by atoms with Crippen LogP contribution in [0, 0.1) is 0 Å². The van der Waals surface area contributed by atoms with Gasteiger partial charge in [0.2, 0.25) is 5.78 Å². The lowest BCUT2D eigenvalue weighted by Gasteiger charge is -2.42. The van der Waals surface area contributed by atoms with Crippen LogP contribution in [0.5, 0.6) is 17.2 Å². The Morgan fingerprint density at radius 2 is 1.78 bits per heavy atom. The van der Waals surface area contributed by atoms with E-state index < -0.39 is 101 Å². The molecule has 2 saturated heterocycles. The van der Waals surface area contributed by atoms with Gasteiger partial charge in [0.05, 0.1) is 54.8 Å². The SMILES string of the molecule is COc1cccc2c1C(=O)c1c(O)c3c(c(O)c1C2=O)C[C@@](O)(C(=O)CO)C[C@@H]3OC1CC(N)C(O)C(C)O1.Nc1ccn([C@H]2CC[C@@H](CO)O2)c(=O)n1. The predicted octanol–water partition coefficient (Wildman–Crippen LogP) is -0.503. The Hall–Kier alpha value is -4.79. The molecule has 0 bridgehead atoms. The number of phenolic OH excluding ortho intramolecular Hbond substituents is 2. The molecule has 54 heavy (non-hydrogen) atoms. The van der Waals surface area contributed by atoms with Gasteiger partial charge in [0.15, 0.2) is 17.9 Å². The highest BCUT2D eigenvalue weighted by Crippen LogP contribution is 2.52. The number of nitrogen functional groups attached to an aromatic ring is 1. The first-order chi connectivity index (χ1) is 25.6. The van der Waals surface area contributed by atoms with E-state index in [-0.39, 0.29) is 59.2 Å². The maximum absolute atomic E-state index is 13.6. The molecule has 2 fully saturated rings. The lowest BCUT2D eigenvalue weighted by molar-refractivity contribution is -0.247. The third kappa shape index (κ3) is 6.86. The molecule has 3 heterocycles. The molecule has 2 aliphatic heterocycles. The fourth-order valence-corrected chi connectivity index (χ4v) is 7.42. The number of carbonyl (C=O) groups is 3. The fourth-order valence-electron chi connectivity index (χ4n) is 7.42. The summed E-state index contributed by atoms with van der Waals surface area (Å²) < 4.78 is 23.8. The molecular weight excluding hydrogens is 712 g/mol. The molecule has 290 valence electrons. The topological polar surface area (TPSA) is 296 Å². The van der Waals surface area contributed by atoms with Gasteiger partial charge in [-0.15, -0.1) is 0 Å². The number of rotatable bonds is 7. The van der Waals surface area contributed by atoms with Crippen molar-refractivity contribution in [1.29, 1.82) is 0 Å². The van der Waals surface area contributed by atoms with E-state index in [0.29, 0.717) is 6.42 Å². The molecule has 0 saturated carbocycles. The summed E-state index contributed by atoms with van der Waals surface area (Å²) in [7, 11) is 1.32. The number of methoxy groups -OCH3 is 1. The van der Waals surface area contributed by atoms with E-state index >= 15 is 0 Å². The molecule has 18 nitrogen and oxygen atoms in total. The number of nitrogens with zero attached hydrogens (tertiary/aromatic N) is 2. The van der Waals surface area contributed by atoms with E-state index in [2.05, 4.69) is 4.98 Å². The van der Waals surface area contributed by atoms with Gasteiger partial charge in [-0.3, -0.25) is 19.0 Å². The van der Waals surface area contributed by atoms with Gasteiger partial charge in [0.1, 0.15) is 41.5 Å². The van der Waals surface area contributed by atoms with Crippen LogP contribution in [0.1, 0.15) is 87.9 Å². The van der Waals surface area contributed by atoms with Crippen molar-refractivity contribution < 1.29 is 64.0 Å². The molecular formula is C36H42N4O14. The number of nitrogens with two attached hydrogens (primary N) is 2. The molecule has 7 rings (SSSR count). The summed E-state index contributed by atoms with van der Waals surface area (Å²) in [6, 6.07) is 5.19. The molecule has 0 amide bonds. The molecule has 0 radical (unpaired) electrons. The first kappa shape index (κ1) is 38.9. The fraction of sp³-hybridized carbons (Fsp3) is 0.472. The highest BCUT2D eigenvalue weighted by Gasteiger charge is 2.50. The number of hydrogen-bond acceptors (Lipinski definition) is 17. The molecule has 2 aliphatic carbocycles. The summed E-state index contributed by atoms with van der Waals surface area (Å²) in [6.45, 7) is 0.539. The minimum absolute atomic E-state index is 0.0173. The molecule has 4 aliphatic rings. The van der Waals surface area contributed by atoms with Crippen molar-refractivity contribution in [2.24, 2.45) is 5.73 Å². The van der Waals surface area contributed by atoms with Crippen molar-refractivity contribution in [3.8, 4) is 17.2 Å². The number of aromatic hydroxyl groups is 2. The number of aliphatic hydroxyl groups is 4. The predicted molar refractivity (Wildman–Crippen MR) is 185 cm³/mol. The van der Waals surface area contributed by atoms with Crippen molar-refractivity contribution >= 4 is 23.2 Å². The number of ketones is 3.